The highest BCUT2D eigenvalue weighted by Gasteiger charge is 2.45. The molecule has 4 N–H and O–H groups in total. The molecule has 1 rings (SSSR count). The lowest BCUT2D eigenvalue weighted by Crippen LogP contribution is -2.59. The smallest absolute Gasteiger partial charge is 0.270 e. The second-order valence-corrected chi connectivity index (χ2v) is 15.7. The molecule has 0 aromatic heterocycles. The van der Waals surface area contributed by atoms with Gasteiger partial charge in [-0.3, -0.25) is 9.09 Å². The Labute approximate surface area is 308 Å². The molecule has 9 nitrogen and oxygen atoms in total. The highest BCUT2D eigenvalue weighted by Crippen LogP contribution is 2.42. The van der Waals surface area contributed by atoms with E-state index in [1.165, 1.54) is 33.4 Å². The molecule has 1 fully saturated rings. The molecular formula is C41H68O9P-. The number of ether oxygens (including phenoxy) is 1. The van der Waals surface area contributed by atoms with Crippen LogP contribution in [0.3, 0.4) is 0 Å². The van der Waals surface area contributed by atoms with Gasteiger partial charge in [-0.2, -0.15) is 0 Å². The van der Waals surface area contributed by atoms with Gasteiger partial charge in [0.05, 0.1) is 13.2 Å². The first kappa shape index (κ1) is 47.1. The normalized spacial score (nSPS) is 24.1. The fraction of sp³-hybridized carbons (Fsp3) is 0.659. The van der Waals surface area contributed by atoms with Crippen molar-refractivity contribution in [2.45, 2.75) is 163 Å². The number of aliphatic hydroxyl groups is 4. The number of hydrogen-bond acceptors (Lipinski definition) is 9. The number of hydrogen-bond donors (Lipinski definition) is 4. The summed E-state index contributed by atoms with van der Waals surface area (Å²) in [5.41, 5.74) is 9.49. The molecule has 10 heteroatoms. The first-order chi connectivity index (χ1) is 24.0. The molecule has 1 heterocycles. The van der Waals surface area contributed by atoms with Gasteiger partial charge in [-0.15, -0.1) is 0 Å². The maximum absolute atomic E-state index is 12.2. The van der Waals surface area contributed by atoms with Gasteiger partial charge in [0.1, 0.15) is 24.4 Å². The zero-order valence-electron chi connectivity index (χ0n) is 32.6. The van der Waals surface area contributed by atoms with Crippen LogP contribution in [0.1, 0.15) is 132 Å². The van der Waals surface area contributed by atoms with E-state index in [4.69, 9.17) is 13.8 Å². The number of phosphoric ester groups is 1. The first-order valence-electron chi connectivity index (χ1n) is 18.6. The molecule has 1 aliphatic heterocycles. The number of phosphoric acid groups is 1. The summed E-state index contributed by atoms with van der Waals surface area (Å²) in [5.74, 6) is 0. The third-order valence-electron chi connectivity index (χ3n) is 8.99. The van der Waals surface area contributed by atoms with Crippen molar-refractivity contribution in [3.05, 3.63) is 81.5 Å². The minimum absolute atomic E-state index is 0.266. The Morgan fingerprint density at radius 2 is 0.941 bits per heavy atom. The third-order valence-corrected chi connectivity index (χ3v) is 9.93. The summed E-state index contributed by atoms with van der Waals surface area (Å²) in [4.78, 5) is 12.2. The standard InChI is InChI=1S/C41H69O9P/c1-30(2)15-9-16-31(3)17-10-18-32(4)19-11-20-33(5)21-12-22-34(6)23-13-24-35(7)25-14-26-36(8)27-28-48-51(46,47)50-41-40(45)39(44)38(43)37(29-42)49-41/h15,17,19,21,23,25,27,37-45H,9-14,16,18,20,22,24,26,28-29H2,1-8H3,(H,46,47)/p-1/b31-17+,32-19+,33-21+,34-23+,35-25+,36-27+/t37-,38-,39+,40+,41-/m1/s1. The van der Waals surface area contributed by atoms with Crippen LogP contribution >= 0.6 is 7.82 Å². The molecule has 1 unspecified atom stereocenters. The Morgan fingerprint density at radius 3 is 1.29 bits per heavy atom. The Hall–Kier alpha value is -1.91. The monoisotopic (exact) mass is 735 g/mol. The molecule has 0 spiro atoms. The largest absolute Gasteiger partial charge is 0.756 e. The molecule has 0 bridgehead atoms. The molecule has 0 aromatic carbocycles. The van der Waals surface area contributed by atoms with E-state index in [1.807, 2.05) is 6.92 Å². The SMILES string of the molecule is CC(C)=CCC/C(C)=C/CC/C(C)=C/CC/C(C)=C/CC/C(C)=C/CC/C(C)=C/CC/C(C)=C/COP(=O)([O-])O[C@H]1O[C@H](CO)[C@@H](O)[C@H](O)[C@@H]1O. The van der Waals surface area contributed by atoms with Gasteiger partial charge in [0, 0.05) is 0 Å². The second kappa shape index (κ2) is 26.0. The quantitative estimate of drug-likeness (QED) is 0.0565. The van der Waals surface area contributed by atoms with E-state index >= 15 is 0 Å². The lowest BCUT2D eigenvalue weighted by Gasteiger charge is -2.41. The molecule has 0 saturated carbocycles. The van der Waals surface area contributed by atoms with E-state index in [9.17, 15) is 29.9 Å². The highest BCUT2D eigenvalue weighted by atomic mass is 31.2. The fourth-order valence-corrected chi connectivity index (χ4v) is 6.26. The molecule has 1 saturated heterocycles. The van der Waals surface area contributed by atoms with Crippen molar-refractivity contribution in [1.82, 2.24) is 0 Å². The van der Waals surface area contributed by atoms with Gasteiger partial charge < -0.3 is 34.6 Å². The summed E-state index contributed by atoms with van der Waals surface area (Å²) in [6.45, 7) is 16.3. The van der Waals surface area contributed by atoms with E-state index in [-0.39, 0.29) is 6.61 Å². The van der Waals surface area contributed by atoms with Crippen molar-refractivity contribution in [3.8, 4) is 0 Å². The molecule has 0 aliphatic carbocycles. The summed E-state index contributed by atoms with van der Waals surface area (Å²) < 4.78 is 26.9. The van der Waals surface area contributed by atoms with E-state index in [2.05, 4.69) is 84.9 Å². The van der Waals surface area contributed by atoms with Gasteiger partial charge in [-0.1, -0.05) is 81.5 Å². The van der Waals surface area contributed by atoms with E-state index < -0.39 is 45.1 Å². The van der Waals surface area contributed by atoms with Gasteiger partial charge in [-0.05, 0) is 132 Å². The number of aliphatic hydroxyl groups excluding tert-OH is 4. The first-order valence-corrected chi connectivity index (χ1v) is 20.0. The number of rotatable bonds is 24. The second-order valence-electron chi connectivity index (χ2n) is 14.4. The van der Waals surface area contributed by atoms with Crippen LogP contribution in [0.25, 0.3) is 0 Å². The van der Waals surface area contributed by atoms with Crippen molar-refractivity contribution in [2.75, 3.05) is 13.2 Å². The molecule has 1 aliphatic rings. The van der Waals surface area contributed by atoms with Gasteiger partial charge in [0.25, 0.3) is 7.82 Å². The van der Waals surface area contributed by atoms with Crippen LogP contribution in [-0.4, -0.2) is 64.3 Å². The molecule has 0 aromatic rings. The van der Waals surface area contributed by atoms with Crippen LogP contribution < -0.4 is 4.89 Å². The Bertz CT molecular complexity index is 1280. The minimum Gasteiger partial charge on any atom is -0.756 e. The Morgan fingerprint density at radius 1 is 0.588 bits per heavy atom. The van der Waals surface area contributed by atoms with Crippen LogP contribution in [0.5, 0.6) is 0 Å². The van der Waals surface area contributed by atoms with Gasteiger partial charge in [-0.25, -0.2) is 0 Å². The average molecular weight is 736 g/mol. The minimum atomic E-state index is -4.91. The van der Waals surface area contributed by atoms with Crippen LogP contribution in [0, 0.1) is 0 Å². The molecule has 292 valence electrons. The van der Waals surface area contributed by atoms with Crippen LogP contribution in [-0.2, 0) is 18.3 Å². The van der Waals surface area contributed by atoms with Gasteiger partial charge >= 0.3 is 0 Å². The Kier molecular flexibility index (Phi) is 24.0. The van der Waals surface area contributed by atoms with Crippen molar-refractivity contribution < 1.29 is 43.7 Å². The van der Waals surface area contributed by atoms with E-state index in [0.717, 1.165) is 82.6 Å². The molecule has 51 heavy (non-hydrogen) atoms. The maximum atomic E-state index is 12.2. The van der Waals surface area contributed by atoms with Crippen molar-refractivity contribution in [1.29, 1.82) is 0 Å². The molecule has 0 radical (unpaired) electrons. The summed E-state index contributed by atoms with van der Waals surface area (Å²) in [7, 11) is -4.91. The summed E-state index contributed by atoms with van der Waals surface area (Å²) in [6.07, 6.45) is 19.8. The van der Waals surface area contributed by atoms with Crippen LogP contribution in [0.2, 0.25) is 0 Å². The lowest BCUT2D eigenvalue weighted by atomic mass is 10.00. The van der Waals surface area contributed by atoms with E-state index in [1.54, 1.807) is 6.08 Å². The summed E-state index contributed by atoms with van der Waals surface area (Å²) in [5, 5.41) is 38.8. The average Bonchev–Trinajstić information content (AvgIpc) is 3.04. The van der Waals surface area contributed by atoms with E-state index in [0.29, 0.717) is 0 Å². The Balaban J connectivity index is 2.30. The third kappa shape index (κ3) is 22.0. The fourth-order valence-electron chi connectivity index (χ4n) is 5.52. The van der Waals surface area contributed by atoms with Gasteiger partial charge in [0.15, 0.2) is 6.29 Å². The highest BCUT2D eigenvalue weighted by molar-refractivity contribution is 7.45. The lowest BCUT2D eigenvalue weighted by molar-refractivity contribution is -0.304. The molecule has 6 atom stereocenters. The van der Waals surface area contributed by atoms with Crippen molar-refractivity contribution >= 4 is 7.82 Å². The molecular weight excluding hydrogens is 667 g/mol. The van der Waals surface area contributed by atoms with Crippen LogP contribution in [0.4, 0.5) is 0 Å². The molecule has 0 amide bonds. The number of allylic oxidation sites excluding steroid dienone is 13. The topological polar surface area (TPSA) is 149 Å². The summed E-state index contributed by atoms with van der Waals surface area (Å²) in [6, 6.07) is 0. The zero-order valence-corrected chi connectivity index (χ0v) is 33.5. The maximum Gasteiger partial charge on any atom is 0.270 e. The van der Waals surface area contributed by atoms with Gasteiger partial charge in [0.2, 0.25) is 0 Å². The predicted molar refractivity (Wildman–Crippen MR) is 206 cm³/mol. The van der Waals surface area contributed by atoms with Crippen molar-refractivity contribution in [2.24, 2.45) is 0 Å². The summed E-state index contributed by atoms with van der Waals surface area (Å²) >= 11 is 0. The van der Waals surface area contributed by atoms with Crippen LogP contribution in [0.15, 0.2) is 81.5 Å². The zero-order chi connectivity index (χ0) is 38.4. The predicted octanol–water partition coefficient (Wildman–Crippen LogP) is 8.61. The van der Waals surface area contributed by atoms with Crippen molar-refractivity contribution in [3.63, 3.8) is 0 Å².